The molecule has 12 heteroatoms. The van der Waals surface area contributed by atoms with Gasteiger partial charge in [0.05, 0.1) is 6.33 Å². The van der Waals surface area contributed by atoms with Gasteiger partial charge in [-0.25, -0.2) is 19.7 Å². The molecule has 2 aromatic heterocycles. The van der Waals surface area contributed by atoms with Gasteiger partial charge in [-0.2, -0.15) is 0 Å². The van der Waals surface area contributed by atoms with Crippen molar-refractivity contribution in [2.24, 2.45) is 0 Å². The number of nitrogens with one attached hydrogen (secondary N) is 3. The van der Waals surface area contributed by atoms with Crippen molar-refractivity contribution >= 4 is 28.9 Å². The molecule has 3 N–H and O–H groups in total. The fraction of sp³-hybridized carbons (Fsp3) is 0.720. The highest BCUT2D eigenvalue weighted by Gasteiger charge is 2.60. The number of imidazole rings is 1. The Balaban J connectivity index is 1.26. The minimum atomic E-state index is -0.811. The summed E-state index contributed by atoms with van der Waals surface area (Å²) in [4.78, 5) is 38.8. The quantitative estimate of drug-likeness (QED) is 0.554. The lowest BCUT2D eigenvalue weighted by Gasteiger charge is -2.34. The summed E-state index contributed by atoms with van der Waals surface area (Å²) in [5.74, 6) is -0.591. The molecule has 1 spiro atoms. The third-order valence-electron chi connectivity index (χ3n) is 7.92. The van der Waals surface area contributed by atoms with Crippen LogP contribution in [-0.2, 0) is 19.0 Å². The molecule has 4 aliphatic rings. The first kappa shape index (κ1) is 24.5. The van der Waals surface area contributed by atoms with Crippen molar-refractivity contribution in [2.45, 2.75) is 108 Å². The van der Waals surface area contributed by atoms with E-state index >= 15 is 0 Å². The smallest absolute Gasteiger partial charge is 0.320 e. The molecule has 0 radical (unpaired) electrons. The van der Waals surface area contributed by atoms with Gasteiger partial charge >= 0.3 is 6.03 Å². The lowest BCUT2D eigenvalue weighted by Crippen LogP contribution is -2.43. The predicted molar refractivity (Wildman–Crippen MR) is 133 cm³/mol. The number of carbonyl (C=O) groups excluding carboxylic acids is 2. The minimum absolute atomic E-state index is 0.172. The van der Waals surface area contributed by atoms with Gasteiger partial charge in [0.1, 0.15) is 18.5 Å². The Labute approximate surface area is 215 Å². The summed E-state index contributed by atoms with van der Waals surface area (Å²) in [5, 5.41) is 8.73. The summed E-state index contributed by atoms with van der Waals surface area (Å²) in [6, 6.07) is -0.132. The van der Waals surface area contributed by atoms with Crippen molar-refractivity contribution in [3.05, 3.63) is 12.7 Å². The van der Waals surface area contributed by atoms with E-state index in [9.17, 15) is 9.59 Å². The zero-order valence-electron chi connectivity index (χ0n) is 21.1. The number of carbonyl (C=O) groups is 2. The number of likely N-dealkylation sites (N-methyl/N-ethyl adjacent to an activating group) is 1. The maximum absolute atomic E-state index is 12.9. The number of fused-ring (bicyclic) bond motifs is 2. The molecule has 0 unspecified atom stereocenters. The Morgan fingerprint density at radius 1 is 1.03 bits per heavy atom. The number of urea groups is 1. The van der Waals surface area contributed by atoms with E-state index < -0.39 is 30.3 Å². The van der Waals surface area contributed by atoms with Crippen molar-refractivity contribution in [2.75, 3.05) is 11.9 Å². The first-order valence-corrected chi connectivity index (χ1v) is 13.6. The fourth-order valence-corrected chi connectivity index (χ4v) is 6.16. The SMILES string of the molecule is CCNC(=O)[C@H]1O[C@@H](n2cnc3c(NC(=O)NC4CCCCC4)ncnc32)[C@@H]2OC3(CCCCC3)O[C@@H]21. The number of aromatic nitrogens is 4. The van der Waals surface area contributed by atoms with E-state index in [0.717, 1.165) is 57.8 Å². The van der Waals surface area contributed by atoms with Crippen molar-refractivity contribution < 1.29 is 23.8 Å². The summed E-state index contributed by atoms with van der Waals surface area (Å²) in [7, 11) is 0. The maximum Gasteiger partial charge on any atom is 0.320 e. The van der Waals surface area contributed by atoms with Crippen LogP contribution in [-0.4, -0.2) is 68.1 Å². The van der Waals surface area contributed by atoms with Crippen LogP contribution in [0.25, 0.3) is 11.2 Å². The van der Waals surface area contributed by atoms with Gasteiger partial charge in [0.15, 0.2) is 35.1 Å². The molecule has 3 amide bonds. The van der Waals surface area contributed by atoms with Crippen LogP contribution >= 0.6 is 0 Å². The highest BCUT2D eigenvalue weighted by molar-refractivity contribution is 5.96. The number of rotatable bonds is 5. The van der Waals surface area contributed by atoms with Gasteiger partial charge in [-0.1, -0.05) is 25.7 Å². The van der Waals surface area contributed by atoms with Crippen LogP contribution in [0.3, 0.4) is 0 Å². The highest BCUT2D eigenvalue weighted by atomic mass is 16.8. The van der Waals surface area contributed by atoms with E-state index in [0.29, 0.717) is 23.5 Å². The van der Waals surface area contributed by atoms with Gasteiger partial charge in [-0.15, -0.1) is 0 Å². The van der Waals surface area contributed by atoms with Crippen LogP contribution in [0, 0.1) is 0 Å². The Kier molecular flexibility index (Phi) is 6.72. The van der Waals surface area contributed by atoms with Crippen molar-refractivity contribution in [1.82, 2.24) is 30.2 Å². The van der Waals surface area contributed by atoms with Gasteiger partial charge in [-0.05, 0) is 32.6 Å². The van der Waals surface area contributed by atoms with Crippen LogP contribution in [0.5, 0.6) is 0 Å². The third kappa shape index (κ3) is 4.66. The van der Waals surface area contributed by atoms with Crippen LogP contribution < -0.4 is 16.0 Å². The van der Waals surface area contributed by atoms with Gasteiger partial charge in [0, 0.05) is 25.4 Å². The van der Waals surface area contributed by atoms with E-state index in [2.05, 4.69) is 30.9 Å². The van der Waals surface area contributed by atoms with Gasteiger partial charge in [0.2, 0.25) is 0 Å². The molecular formula is C25H35N7O5. The number of hydrogen-bond donors (Lipinski definition) is 3. The molecule has 4 atom stereocenters. The molecule has 4 fully saturated rings. The molecule has 2 aliphatic heterocycles. The van der Waals surface area contributed by atoms with Gasteiger partial charge in [-0.3, -0.25) is 14.7 Å². The highest BCUT2D eigenvalue weighted by Crippen LogP contribution is 2.49. The molecule has 12 nitrogen and oxygen atoms in total. The Hall–Kier alpha value is -2.83. The second-order valence-electron chi connectivity index (χ2n) is 10.5. The number of nitrogens with zero attached hydrogens (tertiary/aromatic N) is 4. The second-order valence-corrected chi connectivity index (χ2v) is 10.5. The molecule has 37 heavy (non-hydrogen) atoms. The Morgan fingerprint density at radius 2 is 1.78 bits per heavy atom. The monoisotopic (exact) mass is 513 g/mol. The van der Waals surface area contributed by atoms with Gasteiger partial charge < -0.3 is 24.8 Å². The molecule has 0 bridgehead atoms. The van der Waals surface area contributed by atoms with Crippen LogP contribution in [0.4, 0.5) is 10.6 Å². The second kappa shape index (κ2) is 10.1. The van der Waals surface area contributed by atoms with Crippen molar-refractivity contribution in [1.29, 1.82) is 0 Å². The molecule has 2 aromatic rings. The molecule has 2 aliphatic carbocycles. The normalized spacial score (nSPS) is 29.3. The Bertz CT molecular complexity index is 1140. The van der Waals surface area contributed by atoms with E-state index in [4.69, 9.17) is 14.2 Å². The topological polar surface area (TPSA) is 142 Å². The minimum Gasteiger partial charge on any atom is -0.354 e. The molecule has 2 saturated carbocycles. The average molecular weight is 514 g/mol. The molecular weight excluding hydrogens is 478 g/mol. The number of hydrogen-bond acceptors (Lipinski definition) is 8. The molecule has 200 valence electrons. The standard InChI is InChI=1S/C25H35N7O5/c1-2-26-22(33)18-17-19(37-25(36-17)11-7-4-8-12-25)23(35-18)32-14-29-16-20(27-13-28-21(16)32)31-24(34)30-15-9-5-3-6-10-15/h13-15,17-19,23H,2-12H2,1H3,(H,26,33)(H2,27,28,30,31,34)/t17-,18+,19-,23-/m1/s1. The van der Waals surface area contributed by atoms with Crippen LogP contribution in [0.1, 0.15) is 77.4 Å². The summed E-state index contributed by atoms with van der Waals surface area (Å²) in [6.45, 7) is 2.36. The first-order chi connectivity index (χ1) is 18.1. The van der Waals surface area contributed by atoms with E-state index in [1.807, 2.05) is 6.92 Å². The van der Waals surface area contributed by atoms with Crippen molar-refractivity contribution in [3.8, 4) is 0 Å². The summed E-state index contributed by atoms with van der Waals surface area (Å²) in [6.07, 6.45) is 10.7. The molecule has 0 aromatic carbocycles. The lowest BCUT2D eigenvalue weighted by atomic mass is 9.94. The number of ether oxygens (including phenoxy) is 3. The summed E-state index contributed by atoms with van der Waals surface area (Å²) < 4.78 is 21.0. The van der Waals surface area contributed by atoms with E-state index in [-0.39, 0.29) is 18.0 Å². The maximum atomic E-state index is 12.9. The third-order valence-corrected chi connectivity index (χ3v) is 7.92. The van der Waals surface area contributed by atoms with E-state index in [1.54, 1.807) is 10.9 Å². The summed E-state index contributed by atoms with van der Waals surface area (Å²) >= 11 is 0. The van der Waals surface area contributed by atoms with Gasteiger partial charge in [0.25, 0.3) is 5.91 Å². The zero-order valence-corrected chi connectivity index (χ0v) is 21.1. The molecule has 4 heterocycles. The Morgan fingerprint density at radius 3 is 2.57 bits per heavy atom. The predicted octanol–water partition coefficient (Wildman–Crippen LogP) is 2.76. The van der Waals surface area contributed by atoms with E-state index in [1.165, 1.54) is 12.7 Å². The lowest BCUT2D eigenvalue weighted by molar-refractivity contribution is -0.229. The fourth-order valence-electron chi connectivity index (χ4n) is 6.16. The zero-order chi connectivity index (χ0) is 25.4. The summed E-state index contributed by atoms with van der Waals surface area (Å²) in [5.41, 5.74) is 0.922. The van der Waals surface area contributed by atoms with Crippen LogP contribution in [0.2, 0.25) is 0 Å². The first-order valence-electron chi connectivity index (χ1n) is 13.6. The van der Waals surface area contributed by atoms with Crippen LogP contribution in [0.15, 0.2) is 12.7 Å². The molecule has 2 saturated heterocycles. The number of amides is 3. The largest absolute Gasteiger partial charge is 0.354 e. The average Bonchev–Trinajstić information content (AvgIpc) is 3.57. The van der Waals surface area contributed by atoms with Crippen molar-refractivity contribution in [3.63, 3.8) is 0 Å². The number of anilines is 1. The molecule has 6 rings (SSSR count).